The predicted octanol–water partition coefficient (Wildman–Crippen LogP) is 1.85. The highest BCUT2D eigenvalue weighted by molar-refractivity contribution is 6.04. The number of likely N-dealkylation sites (tertiary alicyclic amines) is 1. The summed E-state index contributed by atoms with van der Waals surface area (Å²) in [6.07, 6.45) is -0.00894. The van der Waals surface area contributed by atoms with Crippen molar-refractivity contribution in [2.75, 3.05) is 25.5 Å². The Balaban J connectivity index is 1.46. The largest absolute Gasteiger partial charge is 0.393 e. The third kappa shape index (κ3) is 4.40. The lowest BCUT2D eigenvalue weighted by atomic mass is 10.0. The number of aromatic nitrogens is 3. The van der Waals surface area contributed by atoms with E-state index >= 15 is 0 Å². The minimum Gasteiger partial charge on any atom is -0.377 e. The second-order valence-electron chi connectivity index (χ2n) is 7.92. The summed E-state index contributed by atoms with van der Waals surface area (Å²) in [5.41, 5.74) is 0.724. The van der Waals surface area contributed by atoms with E-state index in [1.165, 1.54) is 18.5 Å². The molecule has 2 aromatic heterocycles. The Kier molecular flexibility index (Phi) is 5.80. The quantitative estimate of drug-likeness (QED) is 0.577. The maximum Gasteiger partial charge on any atom is 0.393 e. The fraction of sp³-hybridized carbons (Fsp3) is 0.500. The van der Waals surface area contributed by atoms with E-state index in [1.54, 1.807) is 12.0 Å². The van der Waals surface area contributed by atoms with Crippen LogP contribution in [0.2, 0.25) is 0 Å². The van der Waals surface area contributed by atoms with E-state index in [2.05, 4.69) is 32.2 Å². The molecule has 1 aliphatic heterocycles. The molecule has 172 valence electrons. The van der Waals surface area contributed by atoms with Crippen molar-refractivity contribution in [1.29, 1.82) is 0 Å². The van der Waals surface area contributed by atoms with Crippen LogP contribution in [0.4, 0.5) is 19.0 Å². The zero-order chi connectivity index (χ0) is 23.0. The number of amides is 2. The van der Waals surface area contributed by atoms with E-state index in [1.807, 2.05) is 0 Å². The van der Waals surface area contributed by atoms with Crippen molar-refractivity contribution in [1.82, 2.24) is 25.2 Å². The second-order valence-corrected chi connectivity index (χ2v) is 7.92. The van der Waals surface area contributed by atoms with E-state index in [0.29, 0.717) is 31.0 Å². The van der Waals surface area contributed by atoms with Crippen LogP contribution in [0.15, 0.2) is 25.0 Å². The molecule has 1 aliphatic carbocycles. The van der Waals surface area contributed by atoms with Crippen molar-refractivity contribution in [3.05, 3.63) is 30.6 Å². The fourth-order valence-electron chi connectivity index (χ4n) is 3.94. The lowest BCUT2D eigenvalue weighted by molar-refractivity contribution is -0.148. The number of fused-ring (bicyclic) bond motifs is 1. The molecule has 0 bridgehead atoms. The van der Waals surface area contributed by atoms with E-state index in [9.17, 15) is 22.8 Å². The zero-order valence-electron chi connectivity index (χ0n) is 17.3. The number of ether oxygens (including phenoxy) is 1. The van der Waals surface area contributed by atoms with Crippen LogP contribution in [-0.4, -0.2) is 76.2 Å². The van der Waals surface area contributed by atoms with Gasteiger partial charge in [0.25, 0.3) is 5.91 Å². The molecular weight excluding hydrogens is 429 g/mol. The van der Waals surface area contributed by atoms with Crippen molar-refractivity contribution in [2.24, 2.45) is 5.92 Å². The third-order valence-corrected chi connectivity index (χ3v) is 5.83. The van der Waals surface area contributed by atoms with Gasteiger partial charge < -0.3 is 25.3 Å². The van der Waals surface area contributed by atoms with Gasteiger partial charge in [-0.25, -0.2) is 9.97 Å². The van der Waals surface area contributed by atoms with E-state index in [0.717, 1.165) is 0 Å². The van der Waals surface area contributed by atoms with Crippen LogP contribution in [0.25, 0.3) is 11.2 Å². The summed E-state index contributed by atoms with van der Waals surface area (Å²) in [6.45, 7) is 4.40. The summed E-state index contributed by atoms with van der Waals surface area (Å²) < 4.78 is 43.7. The maximum atomic E-state index is 12.7. The average molecular weight is 452 g/mol. The number of hydrogen-bond acceptors (Lipinski definition) is 6. The van der Waals surface area contributed by atoms with Gasteiger partial charge in [-0.3, -0.25) is 9.59 Å². The molecule has 2 fully saturated rings. The van der Waals surface area contributed by atoms with Gasteiger partial charge in [0.15, 0.2) is 5.65 Å². The zero-order valence-corrected chi connectivity index (χ0v) is 17.3. The van der Waals surface area contributed by atoms with Crippen LogP contribution >= 0.6 is 0 Å². The van der Waals surface area contributed by atoms with Gasteiger partial charge in [-0.05, 0) is 18.9 Å². The van der Waals surface area contributed by atoms with Crippen LogP contribution in [0.5, 0.6) is 0 Å². The average Bonchev–Trinajstić information content (AvgIpc) is 3.42. The molecule has 2 aliphatic rings. The first-order valence-electron chi connectivity index (χ1n) is 10.1. The molecule has 2 aromatic rings. The number of nitrogens with one attached hydrogen (secondary N) is 3. The molecule has 0 spiro atoms. The van der Waals surface area contributed by atoms with Crippen LogP contribution in [0.3, 0.4) is 0 Å². The topological polar surface area (TPSA) is 112 Å². The van der Waals surface area contributed by atoms with Gasteiger partial charge in [0, 0.05) is 32.4 Å². The maximum absolute atomic E-state index is 12.7. The van der Waals surface area contributed by atoms with Gasteiger partial charge in [0.1, 0.15) is 11.3 Å². The summed E-state index contributed by atoms with van der Waals surface area (Å²) in [5, 5.41) is 5.64. The molecule has 32 heavy (non-hydrogen) atoms. The monoisotopic (exact) mass is 452 g/mol. The summed E-state index contributed by atoms with van der Waals surface area (Å²) in [6, 6.07) is -1.08. The number of hydrogen-bond donors (Lipinski definition) is 3. The first kappa shape index (κ1) is 22.1. The molecule has 3 heterocycles. The Morgan fingerprint density at radius 3 is 2.81 bits per heavy atom. The number of nitrogens with zero attached hydrogens (tertiary/aromatic N) is 3. The Labute approximate surface area is 181 Å². The standard InChI is InChI=1S/C20H23F3N6O3/c1-3-16(30)29-5-4-12(14(9-29)32-2)26-15-8-25-18-17(28-15)10(7-24-18)19(31)27-13-6-11(13)20(21,22)23/h3,7-8,11-14H,1,4-6,9H2,2H3,(H,24,25)(H,26,28)(H,27,31)/t11-,12?,13-,14-/m1/s1. The van der Waals surface area contributed by atoms with Crippen molar-refractivity contribution in [3.8, 4) is 0 Å². The highest BCUT2D eigenvalue weighted by Crippen LogP contribution is 2.44. The Morgan fingerprint density at radius 2 is 2.16 bits per heavy atom. The summed E-state index contributed by atoms with van der Waals surface area (Å²) in [7, 11) is 1.55. The molecule has 1 unspecified atom stereocenters. The molecule has 0 radical (unpaired) electrons. The molecule has 4 atom stereocenters. The molecule has 0 aromatic carbocycles. The SMILES string of the molecule is C=CC(=O)N1CCC(Nc2cnc3[nH]cc(C(=O)N[C@@H]4C[C@H]4C(F)(F)F)c3n2)[C@H](OC)C1. The molecule has 9 nitrogen and oxygen atoms in total. The Morgan fingerprint density at radius 1 is 1.38 bits per heavy atom. The number of halogens is 3. The molecular formula is C20H23F3N6O3. The molecule has 1 saturated heterocycles. The lowest BCUT2D eigenvalue weighted by Gasteiger charge is -2.37. The highest BCUT2D eigenvalue weighted by atomic mass is 19.4. The number of aromatic amines is 1. The molecule has 2 amide bonds. The summed E-state index contributed by atoms with van der Waals surface area (Å²) >= 11 is 0. The van der Waals surface area contributed by atoms with Crippen LogP contribution in [0.1, 0.15) is 23.2 Å². The number of carbonyl (C=O) groups is 2. The number of carbonyl (C=O) groups excluding carboxylic acids is 2. The van der Waals surface area contributed by atoms with Crippen molar-refractivity contribution < 1.29 is 27.5 Å². The third-order valence-electron chi connectivity index (χ3n) is 5.83. The number of H-pyrrole nitrogens is 1. The van der Waals surface area contributed by atoms with Crippen LogP contribution in [0, 0.1) is 5.92 Å². The first-order chi connectivity index (χ1) is 15.2. The summed E-state index contributed by atoms with van der Waals surface area (Å²) in [4.78, 5) is 37.5. The summed E-state index contributed by atoms with van der Waals surface area (Å²) in [5.74, 6) is -1.92. The van der Waals surface area contributed by atoms with Crippen molar-refractivity contribution in [2.45, 2.75) is 37.2 Å². The lowest BCUT2D eigenvalue weighted by Crippen LogP contribution is -2.52. The number of anilines is 1. The first-order valence-corrected chi connectivity index (χ1v) is 10.1. The molecule has 1 saturated carbocycles. The van der Waals surface area contributed by atoms with E-state index in [-0.39, 0.29) is 35.6 Å². The van der Waals surface area contributed by atoms with Gasteiger partial charge in [-0.15, -0.1) is 0 Å². The molecule has 3 N–H and O–H groups in total. The predicted molar refractivity (Wildman–Crippen MR) is 109 cm³/mol. The minimum atomic E-state index is -4.32. The minimum absolute atomic E-state index is 0.123. The van der Waals surface area contributed by atoms with Crippen molar-refractivity contribution >= 4 is 28.8 Å². The second kappa shape index (κ2) is 8.41. The van der Waals surface area contributed by atoms with Gasteiger partial charge in [-0.2, -0.15) is 13.2 Å². The van der Waals surface area contributed by atoms with Crippen LogP contribution < -0.4 is 10.6 Å². The van der Waals surface area contributed by atoms with Gasteiger partial charge in [0.05, 0.1) is 29.8 Å². The van der Waals surface area contributed by atoms with Crippen molar-refractivity contribution in [3.63, 3.8) is 0 Å². The number of piperidine rings is 1. The highest BCUT2D eigenvalue weighted by Gasteiger charge is 2.56. The van der Waals surface area contributed by atoms with E-state index < -0.39 is 24.0 Å². The normalized spacial score (nSPS) is 25.4. The van der Waals surface area contributed by atoms with Gasteiger partial charge in [-0.1, -0.05) is 6.58 Å². The fourth-order valence-corrected chi connectivity index (χ4v) is 3.94. The Bertz CT molecular complexity index is 1040. The molecule has 4 rings (SSSR count). The smallest absolute Gasteiger partial charge is 0.377 e. The van der Waals surface area contributed by atoms with E-state index in [4.69, 9.17) is 4.74 Å². The number of alkyl halides is 3. The number of methoxy groups -OCH3 is 1. The van der Waals surface area contributed by atoms with Gasteiger partial charge in [0.2, 0.25) is 5.91 Å². The Hall–Kier alpha value is -3.15. The van der Waals surface area contributed by atoms with Crippen LogP contribution in [-0.2, 0) is 9.53 Å². The van der Waals surface area contributed by atoms with Gasteiger partial charge >= 0.3 is 6.18 Å². The molecule has 12 heteroatoms. The number of rotatable bonds is 6.